The van der Waals surface area contributed by atoms with Gasteiger partial charge in [-0.25, -0.2) is 8.42 Å². The third-order valence-corrected chi connectivity index (χ3v) is 7.39. The van der Waals surface area contributed by atoms with Crippen LogP contribution in [0, 0.1) is 0 Å². The second-order valence-corrected chi connectivity index (χ2v) is 9.79. The molecule has 2 aliphatic heterocycles. The van der Waals surface area contributed by atoms with Gasteiger partial charge in [0.1, 0.15) is 0 Å². The molecule has 4 rings (SSSR count). The molecule has 0 aliphatic carbocycles. The lowest BCUT2D eigenvalue weighted by Crippen LogP contribution is -2.45. The largest absolute Gasteiger partial charge is 0.314 e. The predicted molar refractivity (Wildman–Crippen MR) is 99.4 cm³/mol. The Morgan fingerprint density at radius 2 is 2.15 bits per heavy atom. The number of sulfone groups is 1. The van der Waals surface area contributed by atoms with Crippen molar-refractivity contribution in [1.29, 1.82) is 0 Å². The molecule has 7 nitrogen and oxygen atoms in total. The number of hydrogen-bond acceptors (Lipinski definition) is 6. The second-order valence-electron chi connectivity index (χ2n) is 7.60. The first kappa shape index (κ1) is 17.6. The van der Waals surface area contributed by atoms with Crippen LogP contribution in [0.2, 0.25) is 0 Å². The second kappa shape index (κ2) is 6.75. The minimum Gasteiger partial charge on any atom is -0.314 e. The van der Waals surface area contributed by atoms with Gasteiger partial charge in [-0.1, -0.05) is 0 Å². The van der Waals surface area contributed by atoms with Crippen LogP contribution in [0.1, 0.15) is 30.5 Å². The van der Waals surface area contributed by atoms with Gasteiger partial charge in [0.15, 0.2) is 9.84 Å². The molecular formula is C18H25N5O2S. The quantitative estimate of drug-likeness (QED) is 0.857. The first-order valence-electron chi connectivity index (χ1n) is 9.04. The first-order valence-corrected chi connectivity index (χ1v) is 10.9. The van der Waals surface area contributed by atoms with E-state index >= 15 is 0 Å². The zero-order chi connectivity index (χ0) is 18.2. The average Bonchev–Trinajstić information content (AvgIpc) is 3.21. The highest BCUT2D eigenvalue weighted by Gasteiger charge is 2.40. The SMILES string of the molecule is CC1(n2cc(CN3CCNCC3c3ccncc3)cn2)CCS(=O)(=O)C1. The van der Waals surface area contributed by atoms with Crippen LogP contribution in [0.4, 0.5) is 0 Å². The lowest BCUT2D eigenvalue weighted by molar-refractivity contribution is 0.153. The van der Waals surface area contributed by atoms with Gasteiger partial charge in [0, 0.05) is 56.4 Å². The number of rotatable bonds is 4. The van der Waals surface area contributed by atoms with Gasteiger partial charge in [0.25, 0.3) is 0 Å². The summed E-state index contributed by atoms with van der Waals surface area (Å²) in [6.07, 6.45) is 8.20. The van der Waals surface area contributed by atoms with E-state index in [1.165, 1.54) is 5.56 Å². The molecule has 0 spiro atoms. The van der Waals surface area contributed by atoms with Crippen molar-refractivity contribution in [1.82, 2.24) is 25.0 Å². The Balaban J connectivity index is 1.51. The molecule has 2 fully saturated rings. The van der Waals surface area contributed by atoms with Crippen LogP contribution in [-0.2, 0) is 21.9 Å². The zero-order valence-corrected chi connectivity index (χ0v) is 15.8. The summed E-state index contributed by atoms with van der Waals surface area (Å²) in [5.74, 6) is 0.426. The Morgan fingerprint density at radius 1 is 1.35 bits per heavy atom. The van der Waals surface area contributed by atoms with Gasteiger partial charge in [-0.3, -0.25) is 14.6 Å². The van der Waals surface area contributed by atoms with Crippen molar-refractivity contribution in [3.8, 4) is 0 Å². The molecule has 2 unspecified atom stereocenters. The fraction of sp³-hybridized carbons (Fsp3) is 0.556. The van der Waals surface area contributed by atoms with Crippen LogP contribution in [0.25, 0.3) is 0 Å². The summed E-state index contributed by atoms with van der Waals surface area (Å²) >= 11 is 0. The highest BCUT2D eigenvalue weighted by Crippen LogP contribution is 2.31. The summed E-state index contributed by atoms with van der Waals surface area (Å²) < 4.78 is 25.6. The smallest absolute Gasteiger partial charge is 0.152 e. The summed E-state index contributed by atoms with van der Waals surface area (Å²) in [7, 11) is -2.95. The molecule has 140 valence electrons. The summed E-state index contributed by atoms with van der Waals surface area (Å²) in [6.45, 7) is 5.63. The van der Waals surface area contributed by atoms with Crippen LogP contribution in [0.5, 0.6) is 0 Å². The fourth-order valence-corrected chi connectivity index (χ4v) is 6.11. The topological polar surface area (TPSA) is 80.1 Å². The van der Waals surface area contributed by atoms with Crippen LogP contribution in [0.15, 0.2) is 36.9 Å². The van der Waals surface area contributed by atoms with Gasteiger partial charge in [-0.05, 0) is 31.0 Å². The minimum atomic E-state index is -2.95. The summed E-state index contributed by atoms with van der Waals surface area (Å²) in [6, 6.07) is 4.44. The Bertz CT molecular complexity index is 867. The van der Waals surface area contributed by atoms with E-state index in [0.717, 1.165) is 31.7 Å². The maximum absolute atomic E-state index is 11.9. The van der Waals surface area contributed by atoms with Crippen molar-refractivity contribution < 1.29 is 8.42 Å². The highest BCUT2D eigenvalue weighted by atomic mass is 32.2. The van der Waals surface area contributed by atoms with Gasteiger partial charge in [0.2, 0.25) is 0 Å². The van der Waals surface area contributed by atoms with Crippen molar-refractivity contribution >= 4 is 9.84 Å². The molecule has 2 aromatic heterocycles. The van der Waals surface area contributed by atoms with Gasteiger partial charge < -0.3 is 5.32 Å². The maximum Gasteiger partial charge on any atom is 0.152 e. The van der Waals surface area contributed by atoms with Crippen LogP contribution < -0.4 is 5.32 Å². The minimum absolute atomic E-state index is 0.175. The lowest BCUT2D eigenvalue weighted by atomic mass is 10.0. The molecule has 0 saturated carbocycles. The number of nitrogens with one attached hydrogen (secondary N) is 1. The van der Waals surface area contributed by atoms with Crippen LogP contribution in [0.3, 0.4) is 0 Å². The third kappa shape index (κ3) is 3.54. The predicted octanol–water partition coefficient (Wildman–Crippen LogP) is 0.958. The van der Waals surface area contributed by atoms with E-state index in [9.17, 15) is 8.42 Å². The summed E-state index contributed by atoms with van der Waals surface area (Å²) in [5.41, 5.74) is 1.95. The van der Waals surface area contributed by atoms with Gasteiger partial charge in [-0.15, -0.1) is 0 Å². The Labute approximate surface area is 154 Å². The first-order chi connectivity index (χ1) is 12.5. The Hall–Kier alpha value is -1.77. The standard InChI is InChI=1S/C18H25N5O2S/c1-18(4-9-26(24,25)14-18)23-13-15(10-21-23)12-22-8-7-20-11-17(22)16-2-5-19-6-3-16/h2-3,5-6,10,13,17,20H,4,7-9,11-12,14H2,1H3. The van der Waals surface area contributed by atoms with E-state index in [4.69, 9.17) is 0 Å². The lowest BCUT2D eigenvalue weighted by Gasteiger charge is -2.36. The van der Waals surface area contributed by atoms with Gasteiger partial charge in [-0.2, -0.15) is 5.10 Å². The normalized spacial score (nSPS) is 29.0. The molecule has 0 amide bonds. The Morgan fingerprint density at radius 3 is 2.88 bits per heavy atom. The summed E-state index contributed by atoms with van der Waals surface area (Å²) in [4.78, 5) is 6.56. The monoisotopic (exact) mass is 375 g/mol. The molecule has 1 N–H and O–H groups in total. The zero-order valence-electron chi connectivity index (χ0n) is 15.0. The molecule has 2 saturated heterocycles. The number of pyridine rings is 1. The average molecular weight is 375 g/mol. The fourth-order valence-electron chi connectivity index (χ4n) is 4.00. The van der Waals surface area contributed by atoms with Crippen LogP contribution in [-0.4, -0.2) is 59.2 Å². The molecule has 2 aliphatic rings. The molecule has 4 heterocycles. The molecule has 0 radical (unpaired) electrons. The van der Waals surface area contributed by atoms with Gasteiger partial charge >= 0.3 is 0 Å². The number of aromatic nitrogens is 3. The number of nitrogens with zero attached hydrogens (tertiary/aromatic N) is 4. The van der Waals surface area contributed by atoms with E-state index < -0.39 is 15.4 Å². The van der Waals surface area contributed by atoms with Crippen molar-refractivity contribution in [3.05, 3.63) is 48.0 Å². The van der Waals surface area contributed by atoms with E-state index in [1.807, 2.05) is 36.4 Å². The Kier molecular flexibility index (Phi) is 4.58. The highest BCUT2D eigenvalue weighted by molar-refractivity contribution is 7.91. The van der Waals surface area contributed by atoms with E-state index in [0.29, 0.717) is 12.5 Å². The summed E-state index contributed by atoms with van der Waals surface area (Å²) in [5, 5.41) is 7.96. The van der Waals surface area contributed by atoms with Crippen molar-refractivity contribution in [2.75, 3.05) is 31.1 Å². The van der Waals surface area contributed by atoms with E-state index in [2.05, 4.69) is 32.4 Å². The number of hydrogen-bond donors (Lipinski definition) is 1. The molecule has 8 heteroatoms. The molecule has 0 aromatic carbocycles. The van der Waals surface area contributed by atoms with E-state index in [-0.39, 0.29) is 11.5 Å². The molecule has 2 aromatic rings. The molecule has 0 bridgehead atoms. The molecule has 2 atom stereocenters. The van der Waals surface area contributed by atoms with Crippen molar-refractivity contribution in [2.24, 2.45) is 0 Å². The van der Waals surface area contributed by atoms with E-state index in [1.54, 1.807) is 0 Å². The van der Waals surface area contributed by atoms with Gasteiger partial charge in [0.05, 0.1) is 23.2 Å². The number of piperazine rings is 1. The van der Waals surface area contributed by atoms with Crippen molar-refractivity contribution in [2.45, 2.75) is 31.5 Å². The third-order valence-electron chi connectivity index (χ3n) is 5.50. The van der Waals surface area contributed by atoms with Crippen molar-refractivity contribution in [3.63, 3.8) is 0 Å². The molecular weight excluding hydrogens is 350 g/mol. The maximum atomic E-state index is 11.9. The molecule has 26 heavy (non-hydrogen) atoms. The van der Waals surface area contributed by atoms with Crippen LogP contribution >= 0.6 is 0 Å².